The van der Waals surface area contributed by atoms with Crippen molar-refractivity contribution in [1.82, 2.24) is 15.0 Å². The van der Waals surface area contributed by atoms with Crippen LogP contribution in [0.2, 0.25) is 0 Å². The Kier molecular flexibility index (Phi) is 7.15. The molecule has 3 aromatic heterocycles. The van der Waals surface area contributed by atoms with Crippen molar-refractivity contribution in [3.05, 3.63) is 88.5 Å². The lowest BCUT2D eigenvalue weighted by Crippen LogP contribution is -2.15. The Morgan fingerprint density at radius 3 is 2.36 bits per heavy atom. The van der Waals surface area contributed by atoms with Crippen molar-refractivity contribution >= 4 is 17.0 Å². The van der Waals surface area contributed by atoms with Crippen molar-refractivity contribution in [2.75, 3.05) is 0 Å². The topological polar surface area (TPSA) is 60.3 Å². The van der Waals surface area contributed by atoms with Gasteiger partial charge in [0, 0.05) is 18.0 Å². The lowest BCUT2D eigenvalue weighted by atomic mass is 9.94. The fraction of sp³-hybridized carbons (Fsp3) is 0.259. The van der Waals surface area contributed by atoms with E-state index in [-0.39, 0.29) is 11.6 Å². The van der Waals surface area contributed by atoms with E-state index in [1.165, 1.54) is 11.3 Å². The highest BCUT2D eigenvalue weighted by molar-refractivity contribution is 7.18. The third kappa shape index (κ3) is 5.95. The smallest absolute Gasteiger partial charge is 0.391 e. The highest BCUT2D eigenvalue weighted by atomic mass is 32.1. The van der Waals surface area contributed by atoms with Crippen LogP contribution in [0.1, 0.15) is 46.5 Å². The van der Waals surface area contributed by atoms with Gasteiger partial charge in [-0.1, -0.05) is 11.2 Å². The van der Waals surface area contributed by atoms with Crippen molar-refractivity contribution in [2.24, 2.45) is 5.16 Å². The maximum absolute atomic E-state index is 13.2. The Morgan fingerprint density at radius 2 is 1.69 bits per heavy atom. The maximum atomic E-state index is 13.2. The van der Waals surface area contributed by atoms with Crippen LogP contribution >= 0.6 is 11.3 Å². The van der Waals surface area contributed by atoms with Gasteiger partial charge in [-0.15, -0.1) is 11.3 Å². The summed E-state index contributed by atoms with van der Waals surface area (Å²) in [5.41, 5.74) is 1.27. The lowest BCUT2D eigenvalue weighted by molar-refractivity contribution is -0.143. The third-order valence-corrected chi connectivity index (χ3v) is 7.33. The first-order chi connectivity index (χ1) is 18.5. The molecule has 12 heteroatoms. The molecule has 0 fully saturated rings. The minimum absolute atomic E-state index is 0.0827. The van der Waals surface area contributed by atoms with Crippen LogP contribution in [-0.2, 0) is 30.2 Å². The maximum Gasteiger partial charge on any atom is 0.416 e. The van der Waals surface area contributed by atoms with Gasteiger partial charge in [0.05, 0.1) is 33.1 Å². The second-order valence-electron chi connectivity index (χ2n) is 8.96. The van der Waals surface area contributed by atoms with E-state index in [9.17, 15) is 26.3 Å². The van der Waals surface area contributed by atoms with E-state index in [2.05, 4.69) is 15.1 Å². The standard InChI is InChI=1S/C27H20F6N4OS/c1-15-24(39-25(35-15)18-5-3-9-34-13-18)22-8-7-17-4-2-6-21(23(17)36-22)37-38-14-16-10-19(26(28,29)30)12-20(11-16)27(31,32)33/h3,5,7-13H,2,4,6,14H2,1H3. The Bertz CT molecular complexity index is 1500. The van der Waals surface area contributed by atoms with Crippen molar-refractivity contribution < 1.29 is 31.2 Å². The van der Waals surface area contributed by atoms with Crippen molar-refractivity contribution in [2.45, 2.75) is 45.1 Å². The predicted molar refractivity (Wildman–Crippen MR) is 134 cm³/mol. The second kappa shape index (κ2) is 10.4. The molecule has 4 aromatic rings. The van der Waals surface area contributed by atoms with Crippen molar-refractivity contribution in [1.29, 1.82) is 0 Å². The summed E-state index contributed by atoms with van der Waals surface area (Å²) < 4.78 is 79.0. The van der Waals surface area contributed by atoms with E-state index in [4.69, 9.17) is 9.82 Å². The van der Waals surface area contributed by atoms with E-state index in [0.717, 1.165) is 39.5 Å². The second-order valence-corrected chi connectivity index (χ2v) is 9.96. The van der Waals surface area contributed by atoms with Crippen molar-refractivity contribution in [3.63, 3.8) is 0 Å². The van der Waals surface area contributed by atoms with Crippen LogP contribution in [0.3, 0.4) is 0 Å². The van der Waals surface area contributed by atoms with Gasteiger partial charge in [0.25, 0.3) is 0 Å². The summed E-state index contributed by atoms with van der Waals surface area (Å²) in [5.74, 6) is 0. The number of rotatable bonds is 5. The Labute approximate surface area is 223 Å². The molecule has 0 aliphatic heterocycles. The van der Waals surface area contributed by atoms with Gasteiger partial charge in [-0.25, -0.2) is 9.97 Å². The molecule has 0 atom stereocenters. The van der Waals surface area contributed by atoms with Crippen LogP contribution in [0, 0.1) is 6.92 Å². The van der Waals surface area contributed by atoms with Gasteiger partial charge >= 0.3 is 12.4 Å². The fourth-order valence-corrected chi connectivity index (χ4v) is 5.28. The summed E-state index contributed by atoms with van der Waals surface area (Å²) in [4.78, 5) is 19.7. The highest BCUT2D eigenvalue weighted by Gasteiger charge is 2.37. The molecule has 202 valence electrons. The summed E-state index contributed by atoms with van der Waals surface area (Å²) in [6.45, 7) is 1.32. The van der Waals surface area contributed by atoms with Crippen LogP contribution in [0.5, 0.6) is 0 Å². The number of pyridine rings is 2. The zero-order chi connectivity index (χ0) is 27.8. The van der Waals surface area contributed by atoms with E-state index >= 15 is 0 Å². The average molecular weight is 563 g/mol. The Morgan fingerprint density at radius 1 is 0.949 bits per heavy atom. The molecule has 3 heterocycles. The number of thiazole rings is 1. The Hall–Kier alpha value is -3.80. The highest BCUT2D eigenvalue weighted by Crippen LogP contribution is 2.37. The predicted octanol–water partition coefficient (Wildman–Crippen LogP) is 7.87. The summed E-state index contributed by atoms with van der Waals surface area (Å²) in [6.07, 6.45) is -4.45. The molecule has 1 aromatic carbocycles. The first kappa shape index (κ1) is 26.8. The van der Waals surface area contributed by atoms with Crippen molar-refractivity contribution in [3.8, 4) is 21.1 Å². The molecule has 1 aliphatic rings. The summed E-state index contributed by atoms with van der Waals surface area (Å²) in [5, 5.41) is 4.88. The third-order valence-electron chi connectivity index (χ3n) is 6.10. The minimum Gasteiger partial charge on any atom is -0.391 e. The molecule has 0 bridgehead atoms. The molecular formula is C27H20F6N4OS. The summed E-state index contributed by atoms with van der Waals surface area (Å²) in [7, 11) is 0. The normalized spacial score (nSPS) is 14.9. The number of aryl methyl sites for hydroxylation is 2. The molecule has 0 spiro atoms. The Balaban J connectivity index is 1.41. The first-order valence-electron chi connectivity index (χ1n) is 11.8. The average Bonchev–Trinajstić information content (AvgIpc) is 3.29. The number of hydrogen-bond acceptors (Lipinski definition) is 6. The molecule has 0 unspecified atom stereocenters. The van der Waals surface area contributed by atoms with E-state index in [0.29, 0.717) is 35.7 Å². The number of nitrogens with zero attached hydrogens (tertiary/aromatic N) is 4. The summed E-state index contributed by atoms with van der Waals surface area (Å²) in [6, 6.07) is 8.93. The quantitative estimate of drug-likeness (QED) is 0.184. The minimum atomic E-state index is -4.93. The SMILES string of the molecule is Cc1nc(-c2cccnc2)sc1-c1ccc2c(n1)C(=NOCc1cc(C(F)(F)F)cc(C(F)(F)F)c1)CCC2. The molecule has 0 saturated carbocycles. The number of halogens is 6. The van der Waals surface area contributed by atoms with Crippen LogP contribution < -0.4 is 0 Å². The van der Waals surface area contributed by atoms with Gasteiger partial charge in [0.2, 0.25) is 0 Å². The van der Waals surface area contributed by atoms with E-state index in [1.54, 1.807) is 12.4 Å². The molecule has 5 rings (SSSR count). The van der Waals surface area contributed by atoms with Crippen LogP contribution in [0.15, 0.2) is 60.0 Å². The largest absolute Gasteiger partial charge is 0.416 e. The molecule has 1 aliphatic carbocycles. The monoisotopic (exact) mass is 562 g/mol. The molecule has 0 amide bonds. The van der Waals surface area contributed by atoms with Gasteiger partial charge in [-0.2, -0.15) is 26.3 Å². The number of hydrogen-bond donors (Lipinski definition) is 0. The van der Waals surface area contributed by atoms with E-state index in [1.807, 2.05) is 31.2 Å². The van der Waals surface area contributed by atoms with Gasteiger partial charge < -0.3 is 4.84 Å². The zero-order valence-corrected chi connectivity index (χ0v) is 21.2. The van der Waals surface area contributed by atoms with Gasteiger partial charge in [-0.3, -0.25) is 4.98 Å². The molecule has 5 nitrogen and oxygen atoms in total. The van der Waals surface area contributed by atoms with Gasteiger partial charge in [0.1, 0.15) is 17.3 Å². The first-order valence-corrected chi connectivity index (χ1v) is 12.7. The van der Waals surface area contributed by atoms with Gasteiger partial charge in [0.15, 0.2) is 0 Å². The zero-order valence-electron chi connectivity index (χ0n) is 20.4. The fourth-order valence-electron chi connectivity index (χ4n) is 4.25. The summed E-state index contributed by atoms with van der Waals surface area (Å²) >= 11 is 1.47. The number of aromatic nitrogens is 3. The van der Waals surface area contributed by atoms with E-state index < -0.39 is 30.1 Å². The van der Waals surface area contributed by atoms with Crippen LogP contribution in [0.25, 0.3) is 21.1 Å². The molecule has 0 N–H and O–H groups in total. The molecule has 0 radical (unpaired) electrons. The number of alkyl halides is 6. The molecule has 39 heavy (non-hydrogen) atoms. The number of oxime groups is 1. The van der Waals surface area contributed by atoms with Crippen LogP contribution in [0.4, 0.5) is 26.3 Å². The molecular weight excluding hydrogens is 542 g/mol. The number of fused-ring (bicyclic) bond motifs is 1. The van der Waals surface area contributed by atoms with Crippen LogP contribution in [-0.4, -0.2) is 20.7 Å². The molecule has 0 saturated heterocycles. The number of benzene rings is 1. The lowest BCUT2D eigenvalue weighted by Gasteiger charge is -2.17. The van der Waals surface area contributed by atoms with Gasteiger partial charge in [-0.05, 0) is 73.7 Å².